The van der Waals surface area contributed by atoms with E-state index in [0.717, 1.165) is 16.1 Å². The molecule has 0 aliphatic carbocycles. The van der Waals surface area contributed by atoms with Gasteiger partial charge in [0.15, 0.2) is 11.5 Å². The van der Waals surface area contributed by atoms with Crippen LogP contribution in [0.25, 0.3) is 22.4 Å². The molecule has 1 heterocycles. The first-order valence-electron chi connectivity index (χ1n) is 6.17. The highest BCUT2D eigenvalue weighted by atomic mass is 32.1. The second-order valence-corrected chi connectivity index (χ2v) is 5.35. The molecule has 100 valence electrons. The molecule has 0 saturated heterocycles. The molecular weight excluding hydrogens is 270 g/mol. The third kappa shape index (κ3) is 2.51. The Hall–Kier alpha value is -2.33. The van der Waals surface area contributed by atoms with Gasteiger partial charge in [0.25, 0.3) is 0 Å². The Morgan fingerprint density at radius 1 is 1.15 bits per heavy atom. The molecule has 4 heteroatoms. The minimum Gasteiger partial charge on any atom is -0.504 e. The molecular formula is C16H13NO2S. The highest BCUT2D eigenvalue weighted by molar-refractivity contribution is 7.19. The van der Waals surface area contributed by atoms with Gasteiger partial charge in [0.05, 0.1) is 17.3 Å². The lowest BCUT2D eigenvalue weighted by atomic mass is 10.2. The Kier molecular flexibility index (Phi) is 3.39. The van der Waals surface area contributed by atoms with E-state index in [1.54, 1.807) is 23.5 Å². The number of hydrogen-bond donors (Lipinski definition) is 1. The van der Waals surface area contributed by atoms with Gasteiger partial charge in [0.2, 0.25) is 0 Å². The maximum atomic E-state index is 9.56. The van der Waals surface area contributed by atoms with E-state index in [0.29, 0.717) is 5.75 Å². The van der Waals surface area contributed by atoms with Gasteiger partial charge >= 0.3 is 0 Å². The number of fused-ring (bicyclic) bond motifs is 1. The fraction of sp³-hybridized carbons (Fsp3) is 0.0625. The van der Waals surface area contributed by atoms with Crippen LogP contribution in [-0.4, -0.2) is 17.2 Å². The van der Waals surface area contributed by atoms with Crippen molar-refractivity contribution >= 4 is 33.7 Å². The minimum absolute atomic E-state index is 0.143. The van der Waals surface area contributed by atoms with E-state index < -0.39 is 0 Å². The van der Waals surface area contributed by atoms with E-state index in [-0.39, 0.29) is 5.75 Å². The van der Waals surface area contributed by atoms with Gasteiger partial charge in [-0.15, -0.1) is 11.3 Å². The summed E-state index contributed by atoms with van der Waals surface area (Å²) in [5.74, 6) is 0.612. The molecule has 0 aliphatic rings. The summed E-state index contributed by atoms with van der Waals surface area (Å²) < 4.78 is 6.27. The zero-order valence-electron chi connectivity index (χ0n) is 10.9. The van der Waals surface area contributed by atoms with Crippen LogP contribution in [0.15, 0.2) is 42.5 Å². The predicted octanol–water partition coefficient (Wildman–Crippen LogP) is 4.18. The van der Waals surface area contributed by atoms with Gasteiger partial charge in [-0.05, 0) is 35.9 Å². The van der Waals surface area contributed by atoms with Gasteiger partial charge in [0, 0.05) is 0 Å². The smallest absolute Gasteiger partial charge is 0.161 e. The quantitative estimate of drug-likeness (QED) is 0.784. The summed E-state index contributed by atoms with van der Waals surface area (Å²) in [6.07, 6.45) is 3.93. The van der Waals surface area contributed by atoms with Crippen molar-refractivity contribution in [2.75, 3.05) is 7.11 Å². The molecule has 3 rings (SSSR count). The third-order valence-corrected chi connectivity index (χ3v) is 3.93. The van der Waals surface area contributed by atoms with Gasteiger partial charge in [0.1, 0.15) is 5.01 Å². The van der Waals surface area contributed by atoms with Crippen molar-refractivity contribution in [1.82, 2.24) is 4.98 Å². The van der Waals surface area contributed by atoms with Crippen LogP contribution >= 0.6 is 11.3 Å². The molecule has 0 fully saturated rings. The van der Waals surface area contributed by atoms with Crippen LogP contribution in [0.3, 0.4) is 0 Å². The summed E-state index contributed by atoms with van der Waals surface area (Å²) in [5, 5.41) is 10.5. The van der Waals surface area contributed by atoms with Gasteiger partial charge in [-0.3, -0.25) is 0 Å². The van der Waals surface area contributed by atoms with Gasteiger partial charge in [-0.1, -0.05) is 24.3 Å². The number of para-hydroxylation sites is 1. The van der Waals surface area contributed by atoms with E-state index in [9.17, 15) is 5.11 Å². The Labute approximate surface area is 120 Å². The average molecular weight is 283 g/mol. The van der Waals surface area contributed by atoms with Crippen LogP contribution in [0.5, 0.6) is 11.5 Å². The fourth-order valence-electron chi connectivity index (χ4n) is 1.93. The molecule has 0 unspecified atom stereocenters. The van der Waals surface area contributed by atoms with Crippen LogP contribution in [0, 0.1) is 0 Å². The number of aromatic hydroxyl groups is 1. The minimum atomic E-state index is 0.143. The highest BCUT2D eigenvalue weighted by Gasteiger charge is 2.02. The van der Waals surface area contributed by atoms with Crippen LogP contribution in [0.1, 0.15) is 10.6 Å². The number of aromatic nitrogens is 1. The largest absolute Gasteiger partial charge is 0.504 e. The van der Waals surface area contributed by atoms with Crippen molar-refractivity contribution in [3.8, 4) is 11.5 Å². The van der Waals surface area contributed by atoms with E-state index >= 15 is 0 Å². The number of phenols is 1. The van der Waals surface area contributed by atoms with Crippen molar-refractivity contribution in [3.63, 3.8) is 0 Å². The Morgan fingerprint density at radius 2 is 2.00 bits per heavy atom. The first-order valence-corrected chi connectivity index (χ1v) is 6.98. The molecule has 0 bridgehead atoms. The summed E-state index contributed by atoms with van der Waals surface area (Å²) >= 11 is 1.65. The van der Waals surface area contributed by atoms with E-state index in [2.05, 4.69) is 11.1 Å². The van der Waals surface area contributed by atoms with Gasteiger partial charge in [-0.2, -0.15) is 0 Å². The molecule has 1 N–H and O–H groups in total. The number of thiazole rings is 1. The number of ether oxygens (including phenoxy) is 1. The van der Waals surface area contributed by atoms with E-state index in [1.165, 1.54) is 11.8 Å². The normalized spacial score (nSPS) is 11.2. The van der Waals surface area contributed by atoms with Crippen molar-refractivity contribution in [1.29, 1.82) is 0 Å². The molecule has 1 aromatic heterocycles. The van der Waals surface area contributed by atoms with Crippen molar-refractivity contribution in [3.05, 3.63) is 53.0 Å². The Balaban J connectivity index is 1.89. The molecule has 0 atom stereocenters. The number of benzene rings is 2. The topological polar surface area (TPSA) is 42.4 Å². The summed E-state index contributed by atoms with van der Waals surface area (Å²) in [6, 6.07) is 13.3. The zero-order chi connectivity index (χ0) is 13.9. The monoisotopic (exact) mass is 283 g/mol. The maximum absolute atomic E-state index is 9.56. The molecule has 3 nitrogen and oxygen atoms in total. The third-order valence-electron chi connectivity index (χ3n) is 2.93. The van der Waals surface area contributed by atoms with Gasteiger partial charge < -0.3 is 9.84 Å². The molecule has 3 aromatic rings. The molecule has 20 heavy (non-hydrogen) atoms. The second-order valence-electron chi connectivity index (χ2n) is 4.28. The first kappa shape index (κ1) is 12.7. The lowest BCUT2D eigenvalue weighted by Gasteiger charge is -2.03. The Bertz CT molecular complexity index is 744. The fourth-order valence-corrected chi connectivity index (χ4v) is 2.80. The number of hydrogen-bond acceptors (Lipinski definition) is 4. The van der Waals surface area contributed by atoms with Crippen molar-refractivity contribution in [2.45, 2.75) is 0 Å². The molecule has 0 saturated carbocycles. The summed E-state index contributed by atoms with van der Waals surface area (Å²) in [4.78, 5) is 4.54. The summed E-state index contributed by atoms with van der Waals surface area (Å²) in [6.45, 7) is 0. The SMILES string of the molecule is COc1cc(C=Cc2nc3ccccc3s2)ccc1O. The van der Waals surface area contributed by atoms with Crippen LogP contribution in [0.4, 0.5) is 0 Å². The molecule has 0 amide bonds. The number of methoxy groups -OCH3 is 1. The lowest BCUT2D eigenvalue weighted by molar-refractivity contribution is 0.373. The van der Waals surface area contributed by atoms with Gasteiger partial charge in [-0.25, -0.2) is 4.98 Å². The molecule has 0 spiro atoms. The summed E-state index contributed by atoms with van der Waals surface area (Å²) in [7, 11) is 1.54. The van der Waals surface area contributed by atoms with E-state index in [1.807, 2.05) is 36.4 Å². The number of phenolic OH excluding ortho intramolecular Hbond substituents is 1. The molecule has 0 radical (unpaired) electrons. The van der Waals surface area contributed by atoms with Crippen LogP contribution in [-0.2, 0) is 0 Å². The Morgan fingerprint density at radius 3 is 2.80 bits per heavy atom. The average Bonchev–Trinajstić information content (AvgIpc) is 2.89. The molecule has 2 aromatic carbocycles. The second kappa shape index (κ2) is 5.35. The maximum Gasteiger partial charge on any atom is 0.161 e. The number of rotatable bonds is 3. The van der Waals surface area contributed by atoms with Crippen molar-refractivity contribution in [2.24, 2.45) is 0 Å². The molecule has 0 aliphatic heterocycles. The lowest BCUT2D eigenvalue weighted by Crippen LogP contribution is -1.84. The predicted molar refractivity (Wildman–Crippen MR) is 83.2 cm³/mol. The number of nitrogens with zero attached hydrogens (tertiary/aromatic N) is 1. The first-order chi connectivity index (χ1) is 9.76. The highest BCUT2D eigenvalue weighted by Crippen LogP contribution is 2.28. The van der Waals surface area contributed by atoms with Crippen LogP contribution < -0.4 is 4.74 Å². The standard InChI is InChI=1S/C16H13NO2S/c1-19-14-10-11(6-8-13(14)18)7-9-16-17-12-4-2-3-5-15(12)20-16/h2-10,18H,1H3. The zero-order valence-corrected chi connectivity index (χ0v) is 11.7. The summed E-state index contributed by atoms with van der Waals surface area (Å²) in [5.41, 5.74) is 1.97. The van der Waals surface area contributed by atoms with E-state index in [4.69, 9.17) is 4.74 Å². The van der Waals surface area contributed by atoms with Crippen LogP contribution in [0.2, 0.25) is 0 Å². The van der Waals surface area contributed by atoms with Crippen molar-refractivity contribution < 1.29 is 9.84 Å².